The third kappa shape index (κ3) is 3.45. The maximum absolute atomic E-state index is 12.1. The van der Waals surface area contributed by atoms with Crippen molar-refractivity contribution < 1.29 is 9.46 Å². The summed E-state index contributed by atoms with van der Waals surface area (Å²) < 4.78 is 12.1. The summed E-state index contributed by atoms with van der Waals surface area (Å²) >= 11 is 0. The molecule has 4 heteroatoms. The van der Waals surface area contributed by atoms with Gasteiger partial charge in [0.1, 0.15) is 0 Å². The van der Waals surface area contributed by atoms with Crippen molar-refractivity contribution in [3.05, 3.63) is 30.3 Å². The molecule has 1 N–H and O–H groups in total. The molecule has 1 aromatic rings. The second-order valence-electron chi connectivity index (χ2n) is 3.48. The van der Waals surface area contributed by atoms with Gasteiger partial charge >= 0.3 is 0 Å². The van der Waals surface area contributed by atoms with Gasteiger partial charge in [0, 0.05) is 5.30 Å². The van der Waals surface area contributed by atoms with Crippen molar-refractivity contribution in [2.24, 2.45) is 0 Å². The molecule has 0 fully saturated rings. The van der Waals surface area contributed by atoms with Crippen LogP contribution < -0.4 is 5.30 Å². The minimum absolute atomic E-state index is 0.240. The van der Waals surface area contributed by atoms with Crippen LogP contribution in [0.5, 0.6) is 0 Å². The molecular weight excluding hydrogens is 209 g/mol. The summed E-state index contributed by atoms with van der Waals surface area (Å²) in [6, 6.07) is 8.86. The molecule has 1 unspecified atom stereocenters. The molecular formula is C11H18NO2P. The van der Waals surface area contributed by atoms with Gasteiger partial charge in [0.15, 0.2) is 0 Å². The zero-order valence-corrected chi connectivity index (χ0v) is 10.2. The van der Waals surface area contributed by atoms with E-state index in [2.05, 4.69) is 0 Å². The third-order valence-corrected chi connectivity index (χ3v) is 4.33. The average molecular weight is 227 g/mol. The molecule has 3 nitrogen and oxygen atoms in total. The molecule has 0 spiro atoms. The molecule has 1 atom stereocenters. The second kappa shape index (κ2) is 5.45. The molecule has 0 bridgehead atoms. The third-order valence-electron chi connectivity index (χ3n) is 2.45. The Balaban J connectivity index is 2.80. The van der Waals surface area contributed by atoms with Gasteiger partial charge in [0.25, 0.3) is 0 Å². The quantitative estimate of drug-likeness (QED) is 0.781. The fraction of sp³-hybridized carbons (Fsp3) is 0.455. The van der Waals surface area contributed by atoms with Crippen molar-refractivity contribution in [2.45, 2.75) is 13.8 Å². The molecule has 84 valence electrons. The second-order valence-corrected chi connectivity index (χ2v) is 5.68. The van der Waals surface area contributed by atoms with Crippen LogP contribution in [0.4, 0.5) is 0 Å². The Morgan fingerprint density at radius 3 is 2.20 bits per heavy atom. The van der Waals surface area contributed by atoms with Gasteiger partial charge in [-0.1, -0.05) is 32.0 Å². The molecule has 0 aliphatic heterocycles. The summed E-state index contributed by atoms with van der Waals surface area (Å²) in [5.41, 5.74) is 0. The minimum Gasteiger partial charge on any atom is -0.340 e. The van der Waals surface area contributed by atoms with Gasteiger partial charge in [-0.15, -0.1) is 0 Å². The number of hydrogen-bond acceptors (Lipinski definition) is 2. The van der Waals surface area contributed by atoms with Gasteiger partial charge in [0.2, 0.25) is 7.37 Å². The van der Waals surface area contributed by atoms with Crippen LogP contribution in [0.3, 0.4) is 0 Å². The first-order valence-electron chi connectivity index (χ1n) is 5.20. The standard InChI is InChI=1S/C11H18NO2P/c1-3-12(4-2)10-15(13,14)11-8-6-5-7-9-11/h5-9H,3-4,10H2,1-2H3,(H,13,14). The lowest BCUT2D eigenvalue weighted by atomic mass is 10.4. The highest BCUT2D eigenvalue weighted by atomic mass is 31.2. The first-order chi connectivity index (χ1) is 7.10. The molecule has 0 heterocycles. The van der Waals surface area contributed by atoms with Crippen molar-refractivity contribution in [1.82, 2.24) is 4.90 Å². The van der Waals surface area contributed by atoms with Gasteiger partial charge in [-0.2, -0.15) is 0 Å². The van der Waals surface area contributed by atoms with E-state index in [1.165, 1.54) is 0 Å². The maximum atomic E-state index is 12.1. The molecule has 0 aliphatic rings. The SMILES string of the molecule is CCN(CC)CP(=O)(O)c1ccccc1. The van der Waals surface area contributed by atoms with Crippen LogP contribution >= 0.6 is 7.37 Å². The van der Waals surface area contributed by atoms with E-state index in [-0.39, 0.29) is 6.29 Å². The molecule has 0 saturated carbocycles. The lowest BCUT2D eigenvalue weighted by molar-refractivity contribution is 0.335. The van der Waals surface area contributed by atoms with Crippen LogP contribution in [-0.4, -0.2) is 29.2 Å². The number of rotatable bonds is 5. The van der Waals surface area contributed by atoms with Gasteiger partial charge in [-0.3, -0.25) is 9.46 Å². The lowest BCUT2D eigenvalue weighted by Crippen LogP contribution is -2.26. The van der Waals surface area contributed by atoms with Crippen molar-refractivity contribution in [3.8, 4) is 0 Å². The highest BCUT2D eigenvalue weighted by Crippen LogP contribution is 2.39. The van der Waals surface area contributed by atoms with Gasteiger partial charge in [-0.25, -0.2) is 0 Å². The van der Waals surface area contributed by atoms with E-state index < -0.39 is 7.37 Å². The molecule has 0 amide bonds. The average Bonchev–Trinajstić information content (AvgIpc) is 2.27. The summed E-state index contributed by atoms with van der Waals surface area (Å²) in [5, 5.41) is 0.539. The van der Waals surface area contributed by atoms with Crippen LogP contribution in [-0.2, 0) is 4.57 Å². The molecule has 0 aliphatic carbocycles. The van der Waals surface area contributed by atoms with Crippen LogP contribution in [0.25, 0.3) is 0 Å². The van der Waals surface area contributed by atoms with E-state index in [4.69, 9.17) is 0 Å². The molecule has 1 rings (SSSR count). The Labute approximate surface area is 91.2 Å². The normalized spacial score (nSPS) is 15.2. The van der Waals surface area contributed by atoms with E-state index >= 15 is 0 Å². The zero-order chi connectivity index (χ0) is 11.3. The van der Waals surface area contributed by atoms with E-state index in [0.29, 0.717) is 5.30 Å². The van der Waals surface area contributed by atoms with Crippen molar-refractivity contribution in [3.63, 3.8) is 0 Å². The van der Waals surface area contributed by atoms with Crippen LogP contribution in [0.1, 0.15) is 13.8 Å². The Kier molecular flexibility index (Phi) is 4.52. The fourth-order valence-electron chi connectivity index (χ4n) is 1.44. The van der Waals surface area contributed by atoms with Crippen molar-refractivity contribution in [1.29, 1.82) is 0 Å². The smallest absolute Gasteiger partial charge is 0.243 e. The molecule has 0 saturated heterocycles. The molecule has 1 aromatic carbocycles. The first-order valence-corrected chi connectivity index (χ1v) is 7.04. The van der Waals surface area contributed by atoms with Crippen LogP contribution in [0.15, 0.2) is 30.3 Å². The zero-order valence-electron chi connectivity index (χ0n) is 9.26. The largest absolute Gasteiger partial charge is 0.340 e. The summed E-state index contributed by atoms with van der Waals surface area (Å²) in [6.07, 6.45) is 0.240. The summed E-state index contributed by atoms with van der Waals surface area (Å²) in [4.78, 5) is 11.9. The monoisotopic (exact) mass is 227 g/mol. The molecule has 15 heavy (non-hydrogen) atoms. The maximum Gasteiger partial charge on any atom is 0.243 e. The predicted molar refractivity (Wildman–Crippen MR) is 63.7 cm³/mol. The fourth-order valence-corrected chi connectivity index (χ4v) is 3.18. The highest BCUT2D eigenvalue weighted by Gasteiger charge is 2.23. The predicted octanol–water partition coefficient (Wildman–Crippen LogP) is 1.88. The van der Waals surface area contributed by atoms with Gasteiger partial charge in [-0.05, 0) is 25.2 Å². The topological polar surface area (TPSA) is 40.5 Å². The summed E-state index contributed by atoms with van der Waals surface area (Å²) in [5.74, 6) is 0. The number of hydrogen-bond donors (Lipinski definition) is 1. The first kappa shape index (κ1) is 12.4. The number of nitrogens with zero attached hydrogens (tertiary/aromatic N) is 1. The molecule has 0 radical (unpaired) electrons. The van der Waals surface area contributed by atoms with E-state index in [0.717, 1.165) is 13.1 Å². The minimum atomic E-state index is -3.21. The number of benzene rings is 1. The van der Waals surface area contributed by atoms with Crippen molar-refractivity contribution in [2.75, 3.05) is 19.4 Å². The highest BCUT2D eigenvalue weighted by molar-refractivity contribution is 7.66. The summed E-state index contributed by atoms with van der Waals surface area (Å²) in [6.45, 7) is 5.59. The molecule has 0 aromatic heterocycles. The summed E-state index contributed by atoms with van der Waals surface area (Å²) in [7, 11) is -3.21. The van der Waals surface area contributed by atoms with E-state index in [9.17, 15) is 9.46 Å². The lowest BCUT2D eigenvalue weighted by Gasteiger charge is -2.21. The van der Waals surface area contributed by atoms with Gasteiger partial charge < -0.3 is 4.89 Å². The Hall–Kier alpha value is -0.630. The van der Waals surface area contributed by atoms with Crippen LogP contribution in [0.2, 0.25) is 0 Å². The Morgan fingerprint density at radius 2 is 1.73 bits per heavy atom. The Bertz CT molecular complexity index is 336. The van der Waals surface area contributed by atoms with E-state index in [1.54, 1.807) is 24.3 Å². The van der Waals surface area contributed by atoms with Crippen molar-refractivity contribution >= 4 is 12.7 Å². The van der Waals surface area contributed by atoms with Gasteiger partial charge in [0.05, 0.1) is 6.29 Å². The Morgan fingerprint density at radius 1 is 1.20 bits per heavy atom. The van der Waals surface area contributed by atoms with E-state index in [1.807, 2.05) is 24.8 Å². The van der Waals surface area contributed by atoms with Crippen LogP contribution in [0, 0.1) is 0 Å².